The summed E-state index contributed by atoms with van der Waals surface area (Å²) >= 11 is 3.41. The second kappa shape index (κ2) is 10.4. The number of phenols is 1. The molecule has 1 aliphatic heterocycles. The molecule has 0 bridgehead atoms. The van der Waals surface area contributed by atoms with Crippen LogP contribution < -0.4 is 10.1 Å². The van der Waals surface area contributed by atoms with Crippen molar-refractivity contribution in [2.45, 2.75) is 19.4 Å². The van der Waals surface area contributed by atoms with E-state index < -0.39 is 0 Å². The predicted octanol–water partition coefficient (Wildman–Crippen LogP) is 3.92. The van der Waals surface area contributed by atoms with Crippen LogP contribution in [0.5, 0.6) is 11.5 Å². The van der Waals surface area contributed by atoms with Gasteiger partial charge < -0.3 is 15.2 Å². The van der Waals surface area contributed by atoms with Gasteiger partial charge in [-0.05, 0) is 41.4 Å². The summed E-state index contributed by atoms with van der Waals surface area (Å²) < 4.78 is 6.00. The minimum absolute atomic E-state index is 0. The van der Waals surface area contributed by atoms with Gasteiger partial charge in [0.15, 0.2) is 0 Å². The monoisotopic (exact) mass is 426 g/mol. The van der Waals surface area contributed by atoms with Crippen LogP contribution in [0, 0.1) is 0 Å². The lowest BCUT2D eigenvalue weighted by Crippen LogP contribution is -2.45. The molecule has 1 heterocycles. The summed E-state index contributed by atoms with van der Waals surface area (Å²) in [4.78, 5) is 2.39. The fourth-order valence-electron chi connectivity index (χ4n) is 2.73. The molecule has 4 nitrogen and oxygen atoms in total. The third-order valence-corrected chi connectivity index (χ3v) is 4.40. The second-order valence-corrected chi connectivity index (χ2v) is 6.36. The first-order valence-electron chi connectivity index (χ1n) is 7.18. The number of rotatable bonds is 5. The van der Waals surface area contributed by atoms with Crippen LogP contribution in [-0.4, -0.2) is 43.3 Å². The minimum atomic E-state index is 0. The van der Waals surface area contributed by atoms with Gasteiger partial charge in [-0.3, -0.25) is 4.90 Å². The molecular weight excluding hydrogens is 403 g/mol. The smallest absolute Gasteiger partial charge is 0.134 e. The van der Waals surface area contributed by atoms with Gasteiger partial charge in [0.2, 0.25) is 0 Å². The van der Waals surface area contributed by atoms with Gasteiger partial charge in [-0.25, -0.2) is 0 Å². The number of piperazine rings is 1. The van der Waals surface area contributed by atoms with Crippen molar-refractivity contribution in [3.05, 3.63) is 34.3 Å². The molecule has 2 rings (SSSR count). The standard InChI is InChI=1S/C16H23BrN2O2.2ClH/c1-11(2)8-15(19-6-4-18-5-7-19)13-9-12(21-3)10-14(17)16(13)20;;/h9-10,15,18,20H,1,4-8H2,2-3H3;2*1H/t15-;;/m0../s1. The van der Waals surface area contributed by atoms with E-state index in [1.165, 1.54) is 0 Å². The Balaban J connectivity index is 0.00000242. The first kappa shape index (κ1) is 22.5. The summed E-state index contributed by atoms with van der Waals surface area (Å²) in [6.07, 6.45) is 0.827. The Hall–Kier alpha value is -0.460. The molecule has 7 heteroatoms. The van der Waals surface area contributed by atoms with Gasteiger partial charge in [0.05, 0.1) is 11.6 Å². The van der Waals surface area contributed by atoms with E-state index in [4.69, 9.17) is 4.74 Å². The van der Waals surface area contributed by atoms with Crippen LogP contribution in [0.25, 0.3) is 0 Å². The molecule has 0 spiro atoms. The minimum Gasteiger partial charge on any atom is -0.506 e. The number of hydrogen-bond acceptors (Lipinski definition) is 4. The zero-order valence-electron chi connectivity index (χ0n) is 13.5. The van der Waals surface area contributed by atoms with Crippen molar-refractivity contribution in [1.29, 1.82) is 0 Å². The summed E-state index contributed by atoms with van der Waals surface area (Å²) in [6.45, 7) is 9.94. The number of methoxy groups -OCH3 is 1. The summed E-state index contributed by atoms with van der Waals surface area (Å²) in [5.74, 6) is 1.04. The Bertz CT molecular complexity index is 523. The number of nitrogens with one attached hydrogen (secondary N) is 1. The summed E-state index contributed by atoms with van der Waals surface area (Å²) in [5, 5.41) is 13.8. The lowest BCUT2D eigenvalue weighted by Gasteiger charge is -2.36. The van der Waals surface area contributed by atoms with E-state index in [-0.39, 0.29) is 30.9 Å². The molecule has 0 radical (unpaired) electrons. The molecule has 0 saturated carbocycles. The van der Waals surface area contributed by atoms with E-state index in [9.17, 15) is 5.11 Å². The number of phenolic OH excluding ortho intramolecular Hbond substituents is 1. The normalized spacial score (nSPS) is 16.0. The maximum atomic E-state index is 10.5. The Morgan fingerprint density at radius 3 is 2.52 bits per heavy atom. The number of hydrogen-bond donors (Lipinski definition) is 2. The van der Waals surface area contributed by atoms with Crippen LogP contribution in [0.2, 0.25) is 0 Å². The fourth-order valence-corrected chi connectivity index (χ4v) is 3.18. The molecule has 0 amide bonds. The SMILES string of the molecule is C=C(C)C[C@@H](c1cc(OC)cc(Br)c1O)N1CCNCC1.Cl.Cl. The molecule has 1 atom stereocenters. The summed E-state index contributed by atoms with van der Waals surface area (Å²) in [6, 6.07) is 3.83. The van der Waals surface area contributed by atoms with Crippen LogP contribution in [0.3, 0.4) is 0 Å². The van der Waals surface area contributed by atoms with Crippen LogP contribution in [-0.2, 0) is 0 Å². The highest BCUT2D eigenvalue weighted by Gasteiger charge is 2.26. The molecule has 1 aromatic carbocycles. The molecule has 1 aromatic rings. The fraction of sp³-hybridized carbons (Fsp3) is 0.500. The molecule has 2 N–H and O–H groups in total. The molecule has 1 fully saturated rings. The first-order chi connectivity index (χ1) is 10.0. The quantitative estimate of drug-likeness (QED) is 0.699. The topological polar surface area (TPSA) is 44.7 Å². The van der Waals surface area contributed by atoms with Crippen LogP contribution >= 0.6 is 40.7 Å². The van der Waals surface area contributed by atoms with E-state index in [1.54, 1.807) is 13.2 Å². The molecule has 1 aliphatic rings. The highest BCUT2D eigenvalue weighted by Crippen LogP contribution is 2.40. The van der Waals surface area contributed by atoms with Crippen molar-refractivity contribution >= 4 is 40.7 Å². The van der Waals surface area contributed by atoms with Crippen molar-refractivity contribution < 1.29 is 9.84 Å². The third kappa shape index (κ3) is 5.84. The molecule has 0 aliphatic carbocycles. The summed E-state index contributed by atoms with van der Waals surface area (Å²) in [5.41, 5.74) is 2.00. The van der Waals surface area contributed by atoms with Crippen molar-refractivity contribution in [2.75, 3.05) is 33.3 Å². The van der Waals surface area contributed by atoms with Gasteiger partial charge in [-0.1, -0.05) is 5.57 Å². The lowest BCUT2D eigenvalue weighted by atomic mass is 9.97. The number of aromatic hydroxyl groups is 1. The zero-order valence-corrected chi connectivity index (χ0v) is 16.7. The number of benzene rings is 1. The van der Waals surface area contributed by atoms with E-state index in [0.717, 1.165) is 49.5 Å². The Kier molecular flexibility index (Phi) is 10.2. The summed E-state index contributed by atoms with van der Waals surface area (Å²) in [7, 11) is 1.64. The molecule has 0 unspecified atom stereocenters. The molecule has 23 heavy (non-hydrogen) atoms. The van der Waals surface area contributed by atoms with Crippen LogP contribution in [0.1, 0.15) is 24.9 Å². The second-order valence-electron chi connectivity index (χ2n) is 5.51. The van der Waals surface area contributed by atoms with E-state index in [1.807, 2.05) is 13.0 Å². The van der Waals surface area contributed by atoms with Crippen molar-refractivity contribution in [1.82, 2.24) is 10.2 Å². The molecule has 0 aromatic heterocycles. The average Bonchev–Trinajstić information content (AvgIpc) is 2.48. The number of halogens is 3. The van der Waals surface area contributed by atoms with Gasteiger partial charge in [-0.2, -0.15) is 0 Å². The maximum Gasteiger partial charge on any atom is 0.134 e. The first-order valence-corrected chi connectivity index (χ1v) is 7.97. The molecule has 132 valence electrons. The highest BCUT2D eigenvalue weighted by atomic mass is 79.9. The molecule has 1 saturated heterocycles. The number of nitrogens with zero attached hydrogens (tertiary/aromatic N) is 1. The van der Waals surface area contributed by atoms with Gasteiger partial charge in [-0.15, -0.1) is 31.4 Å². The average molecular weight is 428 g/mol. The Morgan fingerprint density at radius 1 is 1.39 bits per heavy atom. The Morgan fingerprint density at radius 2 is 2.00 bits per heavy atom. The third-order valence-electron chi connectivity index (χ3n) is 3.80. The van der Waals surface area contributed by atoms with Gasteiger partial charge >= 0.3 is 0 Å². The van der Waals surface area contributed by atoms with E-state index in [2.05, 4.69) is 32.7 Å². The van der Waals surface area contributed by atoms with Crippen molar-refractivity contribution in [3.63, 3.8) is 0 Å². The maximum absolute atomic E-state index is 10.5. The van der Waals surface area contributed by atoms with Crippen molar-refractivity contribution in [2.24, 2.45) is 0 Å². The predicted molar refractivity (Wildman–Crippen MR) is 103 cm³/mol. The van der Waals surface area contributed by atoms with E-state index >= 15 is 0 Å². The van der Waals surface area contributed by atoms with E-state index in [0.29, 0.717) is 10.2 Å². The van der Waals surface area contributed by atoms with Crippen molar-refractivity contribution in [3.8, 4) is 11.5 Å². The highest BCUT2D eigenvalue weighted by molar-refractivity contribution is 9.10. The van der Waals surface area contributed by atoms with Crippen LogP contribution in [0.4, 0.5) is 0 Å². The van der Waals surface area contributed by atoms with Crippen LogP contribution in [0.15, 0.2) is 28.8 Å². The largest absolute Gasteiger partial charge is 0.506 e. The van der Waals surface area contributed by atoms with Gasteiger partial charge in [0.1, 0.15) is 11.5 Å². The zero-order chi connectivity index (χ0) is 15.4. The molecular formula is C16H25BrCl2N2O2. The number of ether oxygens (including phenoxy) is 1. The Labute approximate surface area is 159 Å². The lowest BCUT2D eigenvalue weighted by molar-refractivity contribution is 0.169. The van der Waals surface area contributed by atoms with Gasteiger partial charge in [0, 0.05) is 37.8 Å². The van der Waals surface area contributed by atoms with Gasteiger partial charge in [0.25, 0.3) is 0 Å².